The molecule has 4 nitrogen and oxygen atoms in total. The summed E-state index contributed by atoms with van der Waals surface area (Å²) in [5, 5.41) is 3.35. The lowest BCUT2D eigenvalue weighted by molar-refractivity contribution is -0.128. The van der Waals surface area contributed by atoms with Crippen LogP contribution < -0.4 is 11.1 Å². The van der Waals surface area contributed by atoms with Crippen LogP contribution >= 0.6 is 0 Å². The number of nitrogens with one attached hydrogen (secondary N) is 1. The van der Waals surface area contributed by atoms with Gasteiger partial charge in [-0.3, -0.25) is 4.79 Å². The molecule has 1 saturated carbocycles. The van der Waals surface area contributed by atoms with Crippen molar-refractivity contribution in [3.8, 4) is 0 Å². The second-order valence-corrected chi connectivity index (χ2v) is 5.32. The Labute approximate surface area is 111 Å². The molecule has 0 aromatic carbocycles. The average Bonchev–Trinajstić information content (AvgIpc) is 2.37. The largest absolute Gasteiger partial charge is 0.378 e. The predicted molar refractivity (Wildman–Crippen MR) is 73.3 cm³/mol. The van der Waals surface area contributed by atoms with Crippen molar-refractivity contribution in [2.24, 2.45) is 5.73 Å². The third-order valence-corrected chi connectivity index (χ3v) is 3.74. The Balaban J connectivity index is 2.53. The van der Waals surface area contributed by atoms with Gasteiger partial charge in [0.1, 0.15) is 5.54 Å². The minimum absolute atomic E-state index is 0.183. The highest BCUT2D eigenvalue weighted by Crippen LogP contribution is 2.30. The second-order valence-electron chi connectivity index (χ2n) is 5.32. The lowest BCUT2D eigenvalue weighted by atomic mass is 9.79. The van der Waals surface area contributed by atoms with E-state index in [0.717, 1.165) is 58.1 Å². The van der Waals surface area contributed by atoms with E-state index in [9.17, 15) is 4.79 Å². The fourth-order valence-electron chi connectivity index (χ4n) is 2.60. The molecule has 1 aliphatic carbocycles. The van der Waals surface area contributed by atoms with Crippen molar-refractivity contribution < 1.29 is 9.53 Å². The Bertz CT molecular complexity index is 258. The van der Waals surface area contributed by atoms with Gasteiger partial charge in [-0.25, -0.2) is 0 Å². The zero-order valence-corrected chi connectivity index (χ0v) is 11.8. The molecule has 0 bridgehead atoms. The molecular weight excluding hydrogens is 228 g/mol. The number of carbonyl (C=O) groups excluding carboxylic acids is 1. The van der Waals surface area contributed by atoms with E-state index >= 15 is 0 Å². The summed E-state index contributed by atoms with van der Waals surface area (Å²) in [5.41, 5.74) is 5.07. The van der Waals surface area contributed by atoms with E-state index in [1.165, 1.54) is 0 Å². The van der Waals surface area contributed by atoms with E-state index < -0.39 is 5.54 Å². The summed E-state index contributed by atoms with van der Waals surface area (Å²) in [6.45, 7) is 5.88. The number of nitrogens with two attached hydrogens (primary N) is 1. The van der Waals surface area contributed by atoms with Gasteiger partial charge in [-0.2, -0.15) is 0 Å². The van der Waals surface area contributed by atoms with Crippen molar-refractivity contribution in [2.75, 3.05) is 13.2 Å². The Hall–Kier alpha value is -0.610. The predicted octanol–water partition coefficient (Wildman–Crippen LogP) is 1.97. The minimum atomic E-state index is -0.537. The first-order chi connectivity index (χ1) is 8.64. The van der Waals surface area contributed by atoms with Crippen LogP contribution in [0.1, 0.15) is 58.8 Å². The maximum absolute atomic E-state index is 11.8. The number of rotatable bonds is 8. The minimum Gasteiger partial charge on any atom is -0.378 e. The number of unbranched alkanes of at least 4 members (excludes halogenated alkanes) is 1. The van der Waals surface area contributed by atoms with Crippen LogP contribution in [-0.2, 0) is 9.53 Å². The number of primary amides is 1. The molecule has 0 aromatic rings. The van der Waals surface area contributed by atoms with Crippen molar-refractivity contribution >= 4 is 5.91 Å². The molecule has 0 spiro atoms. The maximum Gasteiger partial charge on any atom is 0.237 e. The van der Waals surface area contributed by atoms with Crippen LogP contribution in [-0.4, -0.2) is 30.7 Å². The third kappa shape index (κ3) is 4.25. The number of hydrogen-bond donors (Lipinski definition) is 2. The number of hydrogen-bond acceptors (Lipinski definition) is 3. The first-order valence-corrected chi connectivity index (χ1v) is 7.31. The van der Waals surface area contributed by atoms with Gasteiger partial charge in [-0.1, -0.05) is 20.3 Å². The lowest BCUT2D eigenvalue weighted by Gasteiger charge is -2.39. The molecule has 0 aliphatic heterocycles. The van der Waals surface area contributed by atoms with Gasteiger partial charge in [0.15, 0.2) is 0 Å². The van der Waals surface area contributed by atoms with Gasteiger partial charge in [-0.05, 0) is 38.6 Å². The molecular formula is C14H28N2O2. The van der Waals surface area contributed by atoms with Gasteiger partial charge in [0.25, 0.3) is 0 Å². The van der Waals surface area contributed by atoms with E-state index in [1.54, 1.807) is 0 Å². The van der Waals surface area contributed by atoms with Gasteiger partial charge in [-0.15, -0.1) is 0 Å². The number of ether oxygens (including phenoxy) is 1. The van der Waals surface area contributed by atoms with Crippen molar-refractivity contribution in [2.45, 2.75) is 70.4 Å². The topological polar surface area (TPSA) is 64.3 Å². The highest BCUT2D eigenvalue weighted by Gasteiger charge is 2.41. The Morgan fingerprint density at radius 2 is 2.22 bits per heavy atom. The molecule has 4 heteroatoms. The van der Waals surface area contributed by atoms with Crippen LogP contribution in [0.5, 0.6) is 0 Å². The average molecular weight is 256 g/mol. The molecule has 0 saturated heterocycles. The van der Waals surface area contributed by atoms with Crippen LogP contribution in [0.3, 0.4) is 0 Å². The van der Waals surface area contributed by atoms with E-state index in [0.29, 0.717) is 0 Å². The third-order valence-electron chi connectivity index (χ3n) is 3.74. The fraction of sp³-hybridized carbons (Fsp3) is 0.929. The van der Waals surface area contributed by atoms with Gasteiger partial charge in [0.2, 0.25) is 5.91 Å². The summed E-state index contributed by atoms with van der Waals surface area (Å²) < 4.78 is 5.86. The Morgan fingerprint density at radius 3 is 2.83 bits per heavy atom. The maximum atomic E-state index is 11.8. The van der Waals surface area contributed by atoms with Crippen LogP contribution in [0.4, 0.5) is 0 Å². The Kier molecular flexibility index (Phi) is 6.65. The van der Waals surface area contributed by atoms with E-state index in [1.807, 2.05) is 0 Å². The summed E-state index contributed by atoms with van der Waals surface area (Å²) in [7, 11) is 0. The molecule has 1 fully saturated rings. The molecule has 0 radical (unpaired) electrons. The first kappa shape index (κ1) is 15.4. The molecule has 1 amide bonds. The van der Waals surface area contributed by atoms with Crippen LogP contribution in [0.15, 0.2) is 0 Å². The van der Waals surface area contributed by atoms with Crippen LogP contribution in [0, 0.1) is 0 Å². The van der Waals surface area contributed by atoms with E-state index in [2.05, 4.69) is 19.2 Å². The fourth-order valence-corrected chi connectivity index (χ4v) is 2.60. The molecule has 0 aromatic heterocycles. The van der Waals surface area contributed by atoms with Gasteiger partial charge < -0.3 is 15.8 Å². The summed E-state index contributed by atoms with van der Waals surface area (Å²) in [6, 6.07) is 0. The quantitative estimate of drug-likeness (QED) is 0.653. The summed E-state index contributed by atoms with van der Waals surface area (Å²) in [4.78, 5) is 11.8. The van der Waals surface area contributed by atoms with Crippen molar-refractivity contribution in [1.29, 1.82) is 0 Å². The normalized spacial score (nSPS) is 28.2. The first-order valence-electron chi connectivity index (χ1n) is 7.31. The van der Waals surface area contributed by atoms with Crippen molar-refractivity contribution in [3.05, 3.63) is 0 Å². The highest BCUT2D eigenvalue weighted by molar-refractivity contribution is 5.84. The zero-order chi connectivity index (χ0) is 13.4. The molecule has 0 heterocycles. The highest BCUT2D eigenvalue weighted by atomic mass is 16.5. The zero-order valence-electron chi connectivity index (χ0n) is 11.8. The van der Waals surface area contributed by atoms with Crippen molar-refractivity contribution in [3.63, 3.8) is 0 Å². The smallest absolute Gasteiger partial charge is 0.237 e. The molecule has 18 heavy (non-hydrogen) atoms. The number of amides is 1. The van der Waals surface area contributed by atoms with Gasteiger partial charge in [0.05, 0.1) is 6.10 Å². The molecule has 2 unspecified atom stereocenters. The summed E-state index contributed by atoms with van der Waals surface area (Å²) >= 11 is 0. The van der Waals surface area contributed by atoms with E-state index in [4.69, 9.17) is 10.5 Å². The molecule has 106 valence electrons. The SMILES string of the molecule is CCCCOC1CCCC(NCCC)(C(N)=O)C1. The molecule has 3 N–H and O–H groups in total. The monoisotopic (exact) mass is 256 g/mol. The molecule has 1 rings (SSSR count). The summed E-state index contributed by atoms with van der Waals surface area (Å²) in [5.74, 6) is -0.222. The lowest BCUT2D eigenvalue weighted by Crippen LogP contribution is -2.59. The van der Waals surface area contributed by atoms with Gasteiger partial charge in [0, 0.05) is 13.0 Å². The van der Waals surface area contributed by atoms with E-state index in [-0.39, 0.29) is 12.0 Å². The van der Waals surface area contributed by atoms with Crippen molar-refractivity contribution in [1.82, 2.24) is 5.32 Å². The molecule has 2 atom stereocenters. The second kappa shape index (κ2) is 7.74. The Morgan fingerprint density at radius 1 is 1.44 bits per heavy atom. The van der Waals surface area contributed by atoms with Crippen LogP contribution in [0.25, 0.3) is 0 Å². The number of carbonyl (C=O) groups is 1. The van der Waals surface area contributed by atoms with Crippen LogP contribution in [0.2, 0.25) is 0 Å². The van der Waals surface area contributed by atoms with Gasteiger partial charge >= 0.3 is 0 Å². The summed E-state index contributed by atoms with van der Waals surface area (Å²) in [6.07, 6.45) is 7.05. The standard InChI is InChI=1S/C14H28N2O2/c1-3-5-10-18-12-7-6-8-14(11-12,13(15)17)16-9-4-2/h12,16H,3-11H2,1-2H3,(H2,15,17). The molecule has 1 aliphatic rings.